The molecule has 20 heavy (non-hydrogen) atoms. The summed E-state index contributed by atoms with van der Waals surface area (Å²) >= 11 is 1.57. The number of fused-ring (bicyclic) bond motifs is 3. The third-order valence-electron chi connectivity index (χ3n) is 2.75. The van der Waals surface area contributed by atoms with E-state index in [2.05, 4.69) is 22.0 Å². The van der Waals surface area contributed by atoms with Gasteiger partial charge >= 0.3 is 0 Å². The predicted octanol–water partition coefficient (Wildman–Crippen LogP) is 2.98. The molecule has 3 N–H and O–H groups in total. The topological polar surface area (TPSA) is 73.1 Å². The standard InChI is InChI=1S/C14H14N4OS/c1-8(2)18-19-7-11-17-12-13(20-11)9-5-3-4-6-10(9)16-14(12)15/h3-6,18H,1,7H2,2H3,(H2,15,16). The molecule has 1 aromatic carbocycles. The molecule has 3 aromatic rings. The number of pyridine rings is 1. The van der Waals surface area contributed by atoms with Crippen LogP contribution >= 0.6 is 11.3 Å². The van der Waals surface area contributed by atoms with Crippen molar-refractivity contribution < 1.29 is 4.84 Å². The van der Waals surface area contributed by atoms with Crippen LogP contribution in [0.2, 0.25) is 0 Å². The average molecular weight is 286 g/mol. The van der Waals surface area contributed by atoms with Gasteiger partial charge in [0.15, 0.2) is 5.82 Å². The van der Waals surface area contributed by atoms with Crippen LogP contribution in [0.5, 0.6) is 0 Å². The molecule has 6 heteroatoms. The summed E-state index contributed by atoms with van der Waals surface area (Å²) < 4.78 is 1.04. The third kappa shape index (κ3) is 2.31. The van der Waals surface area contributed by atoms with Crippen LogP contribution in [0, 0.1) is 0 Å². The number of aromatic nitrogens is 2. The second-order valence-corrected chi connectivity index (χ2v) is 5.55. The molecular formula is C14H14N4OS. The molecule has 0 fully saturated rings. The van der Waals surface area contributed by atoms with E-state index in [9.17, 15) is 0 Å². The lowest BCUT2D eigenvalue weighted by atomic mass is 10.2. The van der Waals surface area contributed by atoms with Crippen molar-refractivity contribution >= 4 is 38.3 Å². The lowest BCUT2D eigenvalue weighted by Crippen LogP contribution is -2.10. The van der Waals surface area contributed by atoms with Gasteiger partial charge in [-0.15, -0.1) is 11.3 Å². The molecular weight excluding hydrogens is 272 g/mol. The van der Waals surface area contributed by atoms with E-state index in [0.717, 1.165) is 31.8 Å². The Morgan fingerprint density at radius 2 is 2.20 bits per heavy atom. The molecule has 5 nitrogen and oxygen atoms in total. The van der Waals surface area contributed by atoms with Crippen LogP contribution in [0.25, 0.3) is 21.1 Å². The third-order valence-corrected chi connectivity index (χ3v) is 3.81. The van der Waals surface area contributed by atoms with Crippen molar-refractivity contribution in [2.75, 3.05) is 5.73 Å². The first-order chi connectivity index (χ1) is 9.65. The molecule has 0 saturated heterocycles. The number of nitrogens with two attached hydrogens (primary N) is 1. The molecule has 0 spiro atoms. The molecule has 0 bridgehead atoms. The second kappa shape index (κ2) is 5.07. The molecule has 0 radical (unpaired) electrons. The number of rotatable bonds is 4. The number of anilines is 1. The molecule has 0 amide bonds. The lowest BCUT2D eigenvalue weighted by Gasteiger charge is -2.02. The number of hydrogen-bond acceptors (Lipinski definition) is 6. The van der Waals surface area contributed by atoms with E-state index in [1.54, 1.807) is 11.3 Å². The van der Waals surface area contributed by atoms with Crippen molar-refractivity contribution in [2.45, 2.75) is 13.5 Å². The minimum atomic E-state index is 0.361. The van der Waals surface area contributed by atoms with Crippen LogP contribution in [-0.4, -0.2) is 9.97 Å². The van der Waals surface area contributed by atoms with Crippen molar-refractivity contribution in [3.05, 3.63) is 41.5 Å². The number of nitrogen functional groups attached to an aromatic ring is 1. The summed E-state index contributed by atoms with van der Waals surface area (Å²) in [6, 6.07) is 7.91. The zero-order valence-electron chi connectivity index (χ0n) is 11.0. The second-order valence-electron chi connectivity index (χ2n) is 4.47. The summed E-state index contributed by atoms with van der Waals surface area (Å²) in [5.41, 5.74) is 11.1. The first-order valence-corrected chi connectivity index (χ1v) is 6.94. The summed E-state index contributed by atoms with van der Waals surface area (Å²) in [6.45, 7) is 5.89. The van der Waals surface area contributed by atoms with Gasteiger partial charge < -0.3 is 5.73 Å². The fraction of sp³-hybridized carbons (Fsp3) is 0.143. The number of hydroxylamine groups is 1. The van der Waals surface area contributed by atoms with Crippen LogP contribution in [0.1, 0.15) is 11.9 Å². The molecule has 0 aliphatic carbocycles. The van der Waals surface area contributed by atoms with E-state index in [1.165, 1.54) is 0 Å². The van der Waals surface area contributed by atoms with Gasteiger partial charge in [0.25, 0.3) is 0 Å². The van der Waals surface area contributed by atoms with Crippen molar-refractivity contribution in [3.8, 4) is 0 Å². The van der Waals surface area contributed by atoms with Crippen molar-refractivity contribution in [3.63, 3.8) is 0 Å². The predicted molar refractivity (Wildman–Crippen MR) is 82.1 cm³/mol. The van der Waals surface area contributed by atoms with Crippen LogP contribution < -0.4 is 11.2 Å². The lowest BCUT2D eigenvalue weighted by molar-refractivity contribution is 0.0496. The van der Waals surface area contributed by atoms with E-state index >= 15 is 0 Å². The van der Waals surface area contributed by atoms with Crippen LogP contribution in [0.15, 0.2) is 36.5 Å². The molecule has 3 rings (SSSR count). The molecule has 0 unspecified atom stereocenters. The van der Waals surface area contributed by atoms with Crippen LogP contribution in [-0.2, 0) is 11.4 Å². The SMILES string of the molecule is C=C(C)NOCc1nc2c(N)nc3ccccc3c2s1. The van der Waals surface area contributed by atoms with E-state index < -0.39 is 0 Å². The van der Waals surface area contributed by atoms with Crippen molar-refractivity contribution in [2.24, 2.45) is 0 Å². The monoisotopic (exact) mass is 286 g/mol. The number of allylic oxidation sites excluding steroid dienone is 1. The normalized spacial score (nSPS) is 11.1. The van der Waals surface area contributed by atoms with Gasteiger partial charge in [-0.25, -0.2) is 9.97 Å². The van der Waals surface area contributed by atoms with E-state index in [0.29, 0.717) is 12.4 Å². The van der Waals surface area contributed by atoms with Gasteiger partial charge in [-0.3, -0.25) is 10.3 Å². The van der Waals surface area contributed by atoms with Crippen LogP contribution in [0.3, 0.4) is 0 Å². The van der Waals surface area contributed by atoms with Gasteiger partial charge in [-0.1, -0.05) is 24.8 Å². The Balaban J connectivity index is 2.03. The summed E-state index contributed by atoms with van der Waals surface area (Å²) in [5.74, 6) is 0.453. The maximum atomic E-state index is 5.98. The number of para-hydroxylation sites is 1. The largest absolute Gasteiger partial charge is 0.382 e. The van der Waals surface area contributed by atoms with Gasteiger partial charge in [0.05, 0.1) is 10.2 Å². The Labute approximate surface area is 120 Å². The first kappa shape index (κ1) is 12.8. The van der Waals surface area contributed by atoms with Crippen LogP contribution in [0.4, 0.5) is 5.82 Å². The quantitative estimate of drug-likeness (QED) is 0.721. The number of hydrogen-bond donors (Lipinski definition) is 2. The van der Waals surface area contributed by atoms with E-state index in [4.69, 9.17) is 10.6 Å². The van der Waals surface area contributed by atoms with E-state index in [-0.39, 0.29) is 0 Å². The Morgan fingerprint density at radius 1 is 1.40 bits per heavy atom. The highest BCUT2D eigenvalue weighted by atomic mass is 32.1. The molecule has 0 aliphatic heterocycles. The zero-order valence-corrected chi connectivity index (χ0v) is 11.8. The van der Waals surface area contributed by atoms with Gasteiger partial charge in [0.1, 0.15) is 17.1 Å². The molecule has 0 aliphatic rings. The highest BCUT2D eigenvalue weighted by Crippen LogP contribution is 2.32. The average Bonchev–Trinajstić information content (AvgIpc) is 2.83. The molecule has 0 atom stereocenters. The Morgan fingerprint density at radius 3 is 3.00 bits per heavy atom. The smallest absolute Gasteiger partial charge is 0.151 e. The molecule has 102 valence electrons. The number of benzene rings is 1. The minimum absolute atomic E-state index is 0.361. The Kier molecular flexibility index (Phi) is 3.25. The van der Waals surface area contributed by atoms with Gasteiger partial charge in [-0.05, 0) is 13.0 Å². The highest BCUT2D eigenvalue weighted by molar-refractivity contribution is 7.19. The van der Waals surface area contributed by atoms with Gasteiger partial charge in [0.2, 0.25) is 0 Å². The summed E-state index contributed by atoms with van der Waals surface area (Å²) in [7, 11) is 0. The minimum Gasteiger partial charge on any atom is -0.382 e. The highest BCUT2D eigenvalue weighted by Gasteiger charge is 2.12. The van der Waals surface area contributed by atoms with Gasteiger partial charge in [-0.2, -0.15) is 0 Å². The molecule has 2 aromatic heterocycles. The van der Waals surface area contributed by atoms with Crippen molar-refractivity contribution in [1.29, 1.82) is 0 Å². The zero-order chi connectivity index (χ0) is 14.1. The fourth-order valence-electron chi connectivity index (χ4n) is 1.95. The number of thiazole rings is 1. The first-order valence-electron chi connectivity index (χ1n) is 6.12. The summed E-state index contributed by atoms with van der Waals surface area (Å²) in [4.78, 5) is 14.2. The van der Waals surface area contributed by atoms with E-state index in [1.807, 2.05) is 31.2 Å². The van der Waals surface area contributed by atoms with Gasteiger partial charge in [0, 0.05) is 11.1 Å². The molecule has 0 saturated carbocycles. The molecule has 2 heterocycles. The fourth-order valence-corrected chi connectivity index (χ4v) is 2.97. The summed E-state index contributed by atoms with van der Waals surface area (Å²) in [5, 5.41) is 1.91. The maximum Gasteiger partial charge on any atom is 0.151 e. The number of nitrogens with one attached hydrogen (secondary N) is 1. The van der Waals surface area contributed by atoms with Crippen molar-refractivity contribution in [1.82, 2.24) is 15.4 Å². The maximum absolute atomic E-state index is 5.98. The summed E-state index contributed by atoms with van der Waals surface area (Å²) in [6.07, 6.45) is 0. The number of nitrogens with zero attached hydrogens (tertiary/aromatic N) is 2. The Hall–Kier alpha value is -2.18. The Bertz CT molecular complexity index is 796.